The summed E-state index contributed by atoms with van der Waals surface area (Å²) in [6.07, 6.45) is -5.13. The molecule has 2 aromatic carbocycles. The van der Waals surface area contributed by atoms with Gasteiger partial charge in [-0.2, -0.15) is 22.0 Å². The zero-order chi connectivity index (χ0) is 40.5. The second-order valence-electron chi connectivity index (χ2n) is 17.5. The van der Waals surface area contributed by atoms with Crippen LogP contribution in [0, 0.1) is 22.7 Å². The number of anilines is 1. The van der Waals surface area contributed by atoms with Gasteiger partial charge >= 0.3 is 24.1 Å². The van der Waals surface area contributed by atoms with E-state index in [9.17, 15) is 33.0 Å². The first-order valence-electron chi connectivity index (χ1n) is 19.5. The molecule has 1 saturated heterocycles. The predicted octanol–water partition coefficient (Wildman–Crippen LogP) is 8.41. The van der Waals surface area contributed by atoms with E-state index in [1.54, 1.807) is 43.3 Å². The maximum Gasteiger partial charge on any atom is 0.456 e. The second kappa shape index (κ2) is 14.1. The van der Waals surface area contributed by atoms with Gasteiger partial charge in [-0.25, -0.2) is 9.59 Å². The van der Waals surface area contributed by atoms with Crippen LogP contribution in [0.4, 0.5) is 32.4 Å². The van der Waals surface area contributed by atoms with E-state index in [0.717, 1.165) is 11.1 Å². The van der Waals surface area contributed by atoms with Crippen LogP contribution in [-0.2, 0) is 20.8 Å². The standard InChI is InChI=1S/C42H51F5N2O7/c1-5-54-34(50)27-10-12-28(13-11-27)49-35(51)48-21-25-6-8-26(9-7-25)30-20-37(4)31(16-19-40(37,53)41(43,44)42(45,46)47)29-14-17-38(52)22-39(18-15-32(38)33(29)30)55-23-36(2,3)24-56-39/h6-13,29-31,52-53H,5,14-24H2,1-4H3,(H2,48,49,51)/t29?,30-,31?,37+,38?,40+/m1/s1. The summed E-state index contributed by atoms with van der Waals surface area (Å²) in [5.41, 5.74) is -2.84. The molecule has 1 aliphatic heterocycles. The number of urea groups is 1. The van der Waals surface area contributed by atoms with Gasteiger partial charge in [0.2, 0.25) is 0 Å². The minimum atomic E-state index is -5.94. The number of nitrogens with one attached hydrogen (secondary N) is 2. The van der Waals surface area contributed by atoms with Crippen molar-refractivity contribution in [3.05, 3.63) is 76.4 Å². The Labute approximate surface area is 323 Å². The SMILES string of the molecule is CCOC(=O)c1ccc(NC(=O)NCc2ccc([C@H]3C[C@@]4(C)C(CC[C@@]4(O)C(F)(F)C(F)(F)F)C4CCC5(O)CC6(CCC5=C43)OCC(C)(C)CO6)cc2)cc1. The fourth-order valence-electron chi connectivity index (χ4n) is 10.4. The Bertz CT molecular complexity index is 1860. The van der Waals surface area contributed by atoms with E-state index in [4.69, 9.17) is 14.2 Å². The van der Waals surface area contributed by atoms with Gasteiger partial charge in [0.05, 0.1) is 31.0 Å². The molecule has 1 spiro atoms. The lowest BCUT2D eigenvalue weighted by Gasteiger charge is -2.59. The number of alkyl halides is 5. The van der Waals surface area contributed by atoms with Gasteiger partial charge in [0.1, 0.15) is 5.60 Å². The number of carbonyl (C=O) groups is 2. The van der Waals surface area contributed by atoms with Crippen LogP contribution in [0.25, 0.3) is 0 Å². The molecule has 2 amide bonds. The van der Waals surface area contributed by atoms with Crippen LogP contribution < -0.4 is 10.6 Å². The third-order valence-corrected chi connectivity index (χ3v) is 13.4. The average molecular weight is 791 g/mol. The predicted molar refractivity (Wildman–Crippen MR) is 196 cm³/mol. The lowest BCUT2D eigenvalue weighted by atomic mass is 9.49. The van der Waals surface area contributed by atoms with Gasteiger partial charge in [-0.05, 0) is 98.2 Å². The number of aliphatic hydroxyl groups is 2. The number of allylic oxidation sites excluding steroid dienone is 1. The number of benzene rings is 2. The van der Waals surface area contributed by atoms with Crippen molar-refractivity contribution in [2.24, 2.45) is 22.7 Å². The maximum atomic E-state index is 15.5. The summed E-state index contributed by atoms with van der Waals surface area (Å²) in [4.78, 5) is 24.6. The highest BCUT2D eigenvalue weighted by molar-refractivity contribution is 5.92. The van der Waals surface area contributed by atoms with Gasteiger partial charge in [0.25, 0.3) is 0 Å². The quantitative estimate of drug-likeness (QED) is 0.126. The van der Waals surface area contributed by atoms with Gasteiger partial charge < -0.3 is 35.1 Å². The Morgan fingerprint density at radius 3 is 2.20 bits per heavy atom. The van der Waals surface area contributed by atoms with Crippen LogP contribution in [-0.4, -0.2) is 71.1 Å². The van der Waals surface area contributed by atoms with Crippen molar-refractivity contribution in [1.82, 2.24) is 5.32 Å². The van der Waals surface area contributed by atoms with E-state index in [1.165, 1.54) is 19.1 Å². The molecule has 1 heterocycles. The molecule has 4 N–H and O–H groups in total. The number of hydrogen-bond acceptors (Lipinski definition) is 7. The van der Waals surface area contributed by atoms with Crippen LogP contribution >= 0.6 is 0 Å². The van der Waals surface area contributed by atoms with E-state index in [0.29, 0.717) is 54.9 Å². The molecule has 6 atom stereocenters. The molecular weight excluding hydrogens is 739 g/mol. The molecule has 14 heteroatoms. The summed E-state index contributed by atoms with van der Waals surface area (Å²) in [5.74, 6) is -8.54. The maximum absolute atomic E-state index is 15.5. The third kappa shape index (κ3) is 6.81. The Balaban J connectivity index is 1.16. The first kappa shape index (κ1) is 40.6. The van der Waals surface area contributed by atoms with E-state index in [1.807, 2.05) is 13.8 Å². The molecule has 5 aliphatic rings. The summed E-state index contributed by atoms with van der Waals surface area (Å²) in [6.45, 7) is 8.44. The monoisotopic (exact) mass is 790 g/mol. The van der Waals surface area contributed by atoms with Gasteiger partial charge in [-0.1, -0.05) is 50.6 Å². The number of halogens is 5. The number of hydrogen-bond donors (Lipinski definition) is 4. The molecule has 0 bridgehead atoms. The number of carbonyl (C=O) groups excluding carboxylic acids is 2. The van der Waals surface area contributed by atoms with Crippen LogP contribution in [0.2, 0.25) is 0 Å². The normalized spacial score (nSPS) is 32.2. The number of esters is 1. The second-order valence-corrected chi connectivity index (χ2v) is 17.5. The fraction of sp³-hybridized carbons (Fsp3) is 0.619. The molecule has 9 nitrogen and oxygen atoms in total. The summed E-state index contributed by atoms with van der Waals surface area (Å²) in [7, 11) is 0. The largest absolute Gasteiger partial charge is 0.462 e. The van der Waals surface area contributed by atoms with Crippen LogP contribution in [0.15, 0.2) is 59.7 Å². The molecule has 3 saturated carbocycles. The fourth-order valence-corrected chi connectivity index (χ4v) is 10.4. The topological polar surface area (TPSA) is 126 Å². The molecule has 3 unspecified atom stereocenters. The summed E-state index contributed by atoms with van der Waals surface area (Å²) in [6, 6.07) is 12.8. The van der Waals surface area contributed by atoms with Gasteiger partial charge in [-0.15, -0.1) is 0 Å². The molecule has 0 radical (unpaired) electrons. The number of amides is 2. The molecule has 4 aliphatic carbocycles. The highest BCUT2D eigenvalue weighted by atomic mass is 19.4. The van der Waals surface area contributed by atoms with E-state index < -0.39 is 70.7 Å². The summed E-state index contributed by atoms with van der Waals surface area (Å²) >= 11 is 0. The zero-order valence-electron chi connectivity index (χ0n) is 32.2. The lowest BCUT2D eigenvalue weighted by molar-refractivity contribution is -0.362. The molecule has 4 fully saturated rings. The molecule has 56 heavy (non-hydrogen) atoms. The van der Waals surface area contributed by atoms with Crippen molar-refractivity contribution < 1.29 is 56.0 Å². The Morgan fingerprint density at radius 2 is 1.57 bits per heavy atom. The van der Waals surface area contributed by atoms with Crippen molar-refractivity contribution in [2.75, 3.05) is 25.1 Å². The van der Waals surface area contributed by atoms with Gasteiger partial charge in [-0.3, -0.25) is 0 Å². The number of rotatable bonds is 7. The van der Waals surface area contributed by atoms with Crippen molar-refractivity contribution in [3.63, 3.8) is 0 Å². The van der Waals surface area contributed by atoms with Crippen LogP contribution in [0.1, 0.15) is 106 Å². The number of ether oxygens (including phenoxy) is 3. The molecular formula is C42H51F5N2O7. The van der Waals surface area contributed by atoms with E-state index in [2.05, 4.69) is 10.6 Å². The molecule has 306 valence electrons. The van der Waals surface area contributed by atoms with Gasteiger partial charge in [0, 0.05) is 41.8 Å². The summed E-state index contributed by atoms with van der Waals surface area (Å²) < 4.78 is 90.7. The molecule has 2 aromatic rings. The zero-order valence-corrected chi connectivity index (χ0v) is 32.2. The molecule has 0 aromatic heterocycles. The van der Waals surface area contributed by atoms with Gasteiger partial charge in [0.15, 0.2) is 5.79 Å². The number of fused-ring (bicyclic) bond motifs is 4. The smallest absolute Gasteiger partial charge is 0.456 e. The van der Waals surface area contributed by atoms with Crippen molar-refractivity contribution >= 4 is 17.7 Å². The van der Waals surface area contributed by atoms with Crippen LogP contribution in [0.5, 0.6) is 0 Å². The first-order chi connectivity index (χ1) is 26.2. The lowest BCUT2D eigenvalue weighted by Crippen LogP contribution is -2.65. The average Bonchev–Trinajstić information content (AvgIpc) is 3.42. The van der Waals surface area contributed by atoms with Crippen molar-refractivity contribution in [1.29, 1.82) is 0 Å². The highest BCUT2D eigenvalue weighted by Crippen LogP contribution is 2.71. The minimum absolute atomic E-state index is 0.00127. The Morgan fingerprint density at radius 1 is 0.911 bits per heavy atom. The van der Waals surface area contributed by atoms with Crippen LogP contribution in [0.3, 0.4) is 0 Å². The first-order valence-corrected chi connectivity index (χ1v) is 19.5. The van der Waals surface area contributed by atoms with E-state index in [-0.39, 0.29) is 44.2 Å². The Hall–Kier alpha value is -3.59. The van der Waals surface area contributed by atoms with Crippen molar-refractivity contribution in [2.45, 2.75) is 121 Å². The molecule has 7 rings (SSSR count). The van der Waals surface area contributed by atoms with E-state index >= 15 is 8.78 Å². The summed E-state index contributed by atoms with van der Waals surface area (Å²) in [5, 5.41) is 29.5. The van der Waals surface area contributed by atoms with Crippen molar-refractivity contribution in [3.8, 4) is 0 Å². The Kier molecular flexibility index (Phi) is 10.2. The third-order valence-electron chi connectivity index (χ3n) is 13.4. The highest BCUT2D eigenvalue weighted by Gasteiger charge is 2.79. The minimum Gasteiger partial charge on any atom is -0.462 e.